The molecule has 106 valence electrons. The SMILES string of the molecule is Cn1cccc1C(=O)NCCCCCCCC(=O)O. The minimum absolute atomic E-state index is 0.0432. The average molecular weight is 266 g/mol. The normalized spacial score (nSPS) is 10.4. The largest absolute Gasteiger partial charge is 0.481 e. The van der Waals surface area contributed by atoms with Crippen molar-refractivity contribution in [3.8, 4) is 0 Å². The van der Waals surface area contributed by atoms with E-state index in [9.17, 15) is 9.59 Å². The average Bonchev–Trinajstić information content (AvgIpc) is 2.78. The van der Waals surface area contributed by atoms with Gasteiger partial charge >= 0.3 is 5.97 Å². The minimum Gasteiger partial charge on any atom is -0.481 e. The molecule has 0 bridgehead atoms. The van der Waals surface area contributed by atoms with Crippen LogP contribution in [0.5, 0.6) is 0 Å². The molecule has 1 amide bonds. The predicted molar refractivity (Wildman–Crippen MR) is 73.1 cm³/mol. The Hall–Kier alpha value is -1.78. The monoisotopic (exact) mass is 266 g/mol. The van der Waals surface area contributed by atoms with Crippen molar-refractivity contribution in [2.24, 2.45) is 7.05 Å². The molecule has 0 saturated heterocycles. The second kappa shape index (κ2) is 8.34. The van der Waals surface area contributed by atoms with Gasteiger partial charge in [-0.2, -0.15) is 0 Å². The first-order chi connectivity index (χ1) is 9.11. The van der Waals surface area contributed by atoms with Gasteiger partial charge in [0.15, 0.2) is 0 Å². The third-order valence-corrected chi connectivity index (χ3v) is 3.03. The van der Waals surface area contributed by atoms with Crippen molar-refractivity contribution in [3.05, 3.63) is 24.0 Å². The fourth-order valence-electron chi connectivity index (χ4n) is 1.92. The Kier molecular flexibility index (Phi) is 6.71. The summed E-state index contributed by atoms with van der Waals surface area (Å²) in [5.74, 6) is -0.770. The first-order valence-corrected chi connectivity index (χ1v) is 6.72. The Labute approximate surface area is 113 Å². The molecular weight excluding hydrogens is 244 g/mol. The lowest BCUT2D eigenvalue weighted by Crippen LogP contribution is -2.26. The van der Waals surface area contributed by atoms with Crippen molar-refractivity contribution in [2.45, 2.75) is 38.5 Å². The van der Waals surface area contributed by atoms with E-state index in [1.165, 1.54) is 0 Å². The Morgan fingerprint density at radius 1 is 1.21 bits per heavy atom. The van der Waals surface area contributed by atoms with Crippen molar-refractivity contribution >= 4 is 11.9 Å². The molecule has 0 fully saturated rings. The third-order valence-electron chi connectivity index (χ3n) is 3.03. The first kappa shape index (κ1) is 15.3. The van der Waals surface area contributed by atoms with Crippen LogP contribution in [0.2, 0.25) is 0 Å². The van der Waals surface area contributed by atoms with Gasteiger partial charge in [-0.25, -0.2) is 0 Å². The fourth-order valence-corrected chi connectivity index (χ4v) is 1.92. The number of nitrogens with one attached hydrogen (secondary N) is 1. The number of rotatable bonds is 9. The molecule has 0 aliphatic carbocycles. The van der Waals surface area contributed by atoms with Gasteiger partial charge in [-0.3, -0.25) is 9.59 Å². The van der Waals surface area contributed by atoms with Crippen LogP contribution in [0.3, 0.4) is 0 Å². The zero-order valence-corrected chi connectivity index (χ0v) is 11.4. The van der Waals surface area contributed by atoms with Crippen molar-refractivity contribution in [1.29, 1.82) is 0 Å². The van der Waals surface area contributed by atoms with E-state index in [1.54, 1.807) is 10.6 Å². The summed E-state index contributed by atoms with van der Waals surface area (Å²) in [6.45, 7) is 0.670. The molecule has 0 aromatic carbocycles. The van der Waals surface area contributed by atoms with Crippen LogP contribution in [0.1, 0.15) is 49.0 Å². The molecular formula is C14H22N2O3. The smallest absolute Gasteiger partial charge is 0.303 e. The Morgan fingerprint density at radius 2 is 1.89 bits per heavy atom. The molecule has 5 nitrogen and oxygen atoms in total. The molecule has 5 heteroatoms. The van der Waals surface area contributed by atoms with Crippen molar-refractivity contribution in [2.75, 3.05) is 6.54 Å². The van der Waals surface area contributed by atoms with Gasteiger partial charge in [-0.1, -0.05) is 19.3 Å². The van der Waals surface area contributed by atoms with Crippen LogP contribution in [0, 0.1) is 0 Å². The number of hydrogen-bond donors (Lipinski definition) is 2. The minimum atomic E-state index is -0.727. The summed E-state index contributed by atoms with van der Waals surface area (Å²) in [5, 5.41) is 11.4. The van der Waals surface area contributed by atoms with E-state index < -0.39 is 5.97 Å². The molecule has 2 N–H and O–H groups in total. The van der Waals surface area contributed by atoms with E-state index in [-0.39, 0.29) is 12.3 Å². The van der Waals surface area contributed by atoms with Crippen molar-refractivity contribution in [1.82, 2.24) is 9.88 Å². The maximum atomic E-state index is 11.7. The summed E-state index contributed by atoms with van der Waals surface area (Å²) in [6.07, 6.45) is 6.76. The molecule has 1 aromatic rings. The molecule has 1 aromatic heterocycles. The number of unbranched alkanes of at least 4 members (excludes halogenated alkanes) is 4. The van der Waals surface area contributed by atoms with Crippen LogP contribution in [-0.2, 0) is 11.8 Å². The highest BCUT2D eigenvalue weighted by molar-refractivity contribution is 5.92. The van der Waals surface area contributed by atoms with Gasteiger partial charge < -0.3 is 15.0 Å². The number of aromatic nitrogens is 1. The number of carbonyl (C=O) groups excluding carboxylic acids is 1. The highest BCUT2D eigenvalue weighted by atomic mass is 16.4. The van der Waals surface area contributed by atoms with E-state index in [0.29, 0.717) is 12.2 Å². The molecule has 0 spiro atoms. The number of hydrogen-bond acceptors (Lipinski definition) is 2. The van der Waals surface area contributed by atoms with Crippen LogP contribution < -0.4 is 5.32 Å². The van der Waals surface area contributed by atoms with E-state index in [4.69, 9.17) is 5.11 Å². The summed E-state index contributed by atoms with van der Waals surface area (Å²) in [5.41, 5.74) is 0.668. The maximum absolute atomic E-state index is 11.7. The lowest BCUT2D eigenvalue weighted by molar-refractivity contribution is -0.137. The number of carboxylic acid groups (broad SMARTS) is 1. The Morgan fingerprint density at radius 3 is 2.53 bits per heavy atom. The van der Waals surface area contributed by atoms with E-state index in [1.807, 2.05) is 19.3 Å². The van der Waals surface area contributed by atoms with Gasteiger partial charge in [0, 0.05) is 26.2 Å². The summed E-state index contributed by atoms with van der Waals surface area (Å²) < 4.78 is 1.79. The number of aliphatic carboxylic acids is 1. The lowest BCUT2D eigenvalue weighted by Gasteiger charge is -2.06. The summed E-state index contributed by atoms with van der Waals surface area (Å²) >= 11 is 0. The second-order valence-electron chi connectivity index (χ2n) is 4.67. The highest BCUT2D eigenvalue weighted by Gasteiger charge is 2.06. The summed E-state index contributed by atoms with van der Waals surface area (Å²) in [7, 11) is 1.84. The Bertz CT molecular complexity index is 413. The number of amides is 1. The van der Waals surface area contributed by atoms with Crippen LogP contribution in [0.4, 0.5) is 0 Å². The lowest BCUT2D eigenvalue weighted by atomic mass is 10.1. The number of carboxylic acids is 1. The van der Waals surface area contributed by atoms with E-state index in [0.717, 1.165) is 32.1 Å². The zero-order valence-electron chi connectivity index (χ0n) is 11.4. The highest BCUT2D eigenvalue weighted by Crippen LogP contribution is 2.05. The Balaban J connectivity index is 2.01. The molecule has 0 aliphatic heterocycles. The first-order valence-electron chi connectivity index (χ1n) is 6.72. The van der Waals surface area contributed by atoms with Crippen LogP contribution in [0.25, 0.3) is 0 Å². The van der Waals surface area contributed by atoms with E-state index >= 15 is 0 Å². The van der Waals surface area contributed by atoms with Gasteiger partial charge in [-0.15, -0.1) is 0 Å². The molecule has 0 saturated carbocycles. The number of aryl methyl sites for hydroxylation is 1. The quantitative estimate of drug-likeness (QED) is 0.673. The van der Waals surface area contributed by atoms with Gasteiger partial charge in [-0.05, 0) is 25.0 Å². The zero-order chi connectivity index (χ0) is 14.1. The summed E-state index contributed by atoms with van der Waals surface area (Å²) in [4.78, 5) is 22.0. The standard InChI is InChI=1S/C14H22N2O3/c1-16-11-7-8-12(16)14(19)15-10-6-4-2-3-5-9-13(17)18/h7-8,11H,2-6,9-10H2,1H3,(H,15,19)(H,17,18). The van der Waals surface area contributed by atoms with Gasteiger partial charge in [0.25, 0.3) is 5.91 Å². The molecule has 0 unspecified atom stereocenters. The van der Waals surface area contributed by atoms with Crippen molar-refractivity contribution < 1.29 is 14.7 Å². The van der Waals surface area contributed by atoms with Crippen molar-refractivity contribution in [3.63, 3.8) is 0 Å². The fraction of sp³-hybridized carbons (Fsp3) is 0.571. The molecule has 1 heterocycles. The molecule has 19 heavy (non-hydrogen) atoms. The van der Waals surface area contributed by atoms with Gasteiger partial charge in [0.05, 0.1) is 0 Å². The van der Waals surface area contributed by atoms with Crippen LogP contribution >= 0.6 is 0 Å². The molecule has 0 radical (unpaired) electrons. The van der Waals surface area contributed by atoms with Crippen LogP contribution in [0.15, 0.2) is 18.3 Å². The van der Waals surface area contributed by atoms with Crippen LogP contribution in [-0.4, -0.2) is 28.1 Å². The second-order valence-corrected chi connectivity index (χ2v) is 4.67. The van der Waals surface area contributed by atoms with Gasteiger partial charge in [0.2, 0.25) is 0 Å². The molecule has 0 aliphatic rings. The maximum Gasteiger partial charge on any atom is 0.303 e. The predicted octanol–water partition coefficient (Wildman–Crippen LogP) is 2.18. The summed E-state index contributed by atoms with van der Waals surface area (Å²) in [6, 6.07) is 3.64. The molecule has 0 atom stereocenters. The molecule has 1 rings (SSSR count). The number of carbonyl (C=O) groups is 2. The third kappa shape index (κ3) is 6.08. The van der Waals surface area contributed by atoms with E-state index in [2.05, 4.69) is 5.32 Å². The number of nitrogens with zero attached hydrogens (tertiary/aromatic N) is 1. The van der Waals surface area contributed by atoms with Gasteiger partial charge in [0.1, 0.15) is 5.69 Å². The topological polar surface area (TPSA) is 71.3 Å².